The van der Waals surface area contributed by atoms with E-state index in [9.17, 15) is 4.79 Å². The van der Waals surface area contributed by atoms with Crippen LogP contribution >= 0.6 is 12.1 Å². The zero-order chi connectivity index (χ0) is 16.7. The van der Waals surface area contributed by atoms with Crippen molar-refractivity contribution >= 4 is 18.1 Å². The van der Waals surface area contributed by atoms with E-state index >= 15 is 0 Å². The molecule has 0 saturated carbocycles. The van der Waals surface area contributed by atoms with Gasteiger partial charge in [-0.1, -0.05) is 37.3 Å². The predicted octanol–water partition coefficient (Wildman–Crippen LogP) is 3.93. The lowest BCUT2D eigenvalue weighted by atomic mass is 10.0. The quantitative estimate of drug-likeness (QED) is 0.604. The van der Waals surface area contributed by atoms with E-state index in [1.54, 1.807) is 12.1 Å². The highest BCUT2D eigenvalue weighted by Crippen LogP contribution is 2.26. The lowest BCUT2D eigenvalue weighted by molar-refractivity contribution is -0.150. The highest BCUT2D eigenvalue weighted by molar-refractivity contribution is 7.95. The minimum Gasteiger partial charge on any atom is -0.460 e. The van der Waals surface area contributed by atoms with Crippen molar-refractivity contribution in [2.24, 2.45) is 0 Å². The van der Waals surface area contributed by atoms with Gasteiger partial charge in [0.25, 0.3) is 0 Å². The fraction of sp³-hybridized carbons (Fsp3) is 0.611. The maximum atomic E-state index is 12.5. The van der Waals surface area contributed by atoms with Crippen LogP contribution in [-0.4, -0.2) is 28.4 Å². The normalized spacial score (nSPS) is 19.5. The van der Waals surface area contributed by atoms with Crippen LogP contribution in [0.25, 0.3) is 0 Å². The number of hydrogen-bond donors (Lipinski definition) is 1. The number of hydrogen-bond acceptors (Lipinski definition) is 5. The van der Waals surface area contributed by atoms with Gasteiger partial charge in [0.1, 0.15) is 12.6 Å². The number of carbonyl (C=O) groups is 1. The molecule has 1 fully saturated rings. The molecule has 0 radical (unpaired) electrons. The van der Waals surface area contributed by atoms with Crippen molar-refractivity contribution in [3.63, 3.8) is 0 Å². The molecule has 23 heavy (non-hydrogen) atoms. The Morgan fingerprint density at radius 3 is 2.78 bits per heavy atom. The summed E-state index contributed by atoms with van der Waals surface area (Å²) in [7, 11) is 0. The number of esters is 1. The van der Waals surface area contributed by atoms with Crippen LogP contribution in [0, 0.1) is 0 Å². The van der Waals surface area contributed by atoms with Gasteiger partial charge in [-0.3, -0.25) is 4.79 Å². The number of ether oxygens (including phenoxy) is 1. The van der Waals surface area contributed by atoms with Crippen LogP contribution in [0.5, 0.6) is 0 Å². The Morgan fingerprint density at radius 2 is 2.09 bits per heavy atom. The Kier molecular flexibility index (Phi) is 6.93. The van der Waals surface area contributed by atoms with Crippen molar-refractivity contribution < 1.29 is 9.53 Å². The number of carbonyl (C=O) groups excluding carboxylic acids is 1. The topological polar surface area (TPSA) is 41.6 Å². The van der Waals surface area contributed by atoms with E-state index in [2.05, 4.69) is 29.8 Å². The number of nitrogens with zero attached hydrogens (tertiary/aromatic N) is 1. The van der Waals surface area contributed by atoms with Crippen LogP contribution in [0.4, 0.5) is 0 Å². The van der Waals surface area contributed by atoms with Crippen molar-refractivity contribution in [1.29, 1.82) is 0 Å². The second-order valence-corrected chi connectivity index (χ2v) is 7.53. The minimum atomic E-state index is -0.155. The van der Waals surface area contributed by atoms with Crippen molar-refractivity contribution in [1.82, 2.24) is 9.03 Å². The maximum Gasteiger partial charge on any atom is 0.324 e. The van der Waals surface area contributed by atoms with Gasteiger partial charge in [0.05, 0.1) is 0 Å². The summed E-state index contributed by atoms with van der Waals surface area (Å²) in [6, 6.07) is 9.69. The van der Waals surface area contributed by atoms with Crippen LogP contribution in [0.15, 0.2) is 30.3 Å². The Bertz CT molecular complexity index is 493. The molecule has 1 heterocycles. The molecule has 0 aromatic heterocycles. The first-order chi connectivity index (χ1) is 11.0. The van der Waals surface area contributed by atoms with Gasteiger partial charge >= 0.3 is 5.97 Å². The van der Waals surface area contributed by atoms with Crippen molar-refractivity contribution in [3.8, 4) is 0 Å². The summed E-state index contributed by atoms with van der Waals surface area (Å²) in [5.74, 6) is -0.114. The highest BCUT2D eigenvalue weighted by Gasteiger charge is 2.31. The molecule has 1 saturated heterocycles. The molecule has 1 unspecified atom stereocenters. The lowest BCUT2D eigenvalue weighted by Gasteiger charge is -2.35. The van der Waals surface area contributed by atoms with Crippen LogP contribution in [0.1, 0.15) is 52.0 Å². The average Bonchev–Trinajstić information content (AvgIpc) is 2.59. The third-order valence-electron chi connectivity index (χ3n) is 4.27. The molecular weight excluding hydrogens is 308 g/mol. The third kappa shape index (κ3) is 5.83. The van der Waals surface area contributed by atoms with Crippen LogP contribution in [0.3, 0.4) is 0 Å². The molecule has 2 rings (SSSR count). The van der Waals surface area contributed by atoms with Gasteiger partial charge < -0.3 is 4.74 Å². The summed E-state index contributed by atoms with van der Waals surface area (Å²) >= 11 is 1.57. The van der Waals surface area contributed by atoms with Crippen molar-refractivity contribution in [2.75, 3.05) is 6.54 Å². The van der Waals surface area contributed by atoms with E-state index in [0.29, 0.717) is 6.61 Å². The van der Waals surface area contributed by atoms with E-state index in [0.717, 1.165) is 37.8 Å². The smallest absolute Gasteiger partial charge is 0.324 e. The number of piperidine rings is 1. The Balaban J connectivity index is 1.88. The van der Waals surface area contributed by atoms with Crippen molar-refractivity contribution in [2.45, 2.75) is 64.6 Å². The molecule has 4 nitrogen and oxygen atoms in total. The summed E-state index contributed by atoms with van der Waals surface area (Å²) < 4.78 is 11.2. The molecule has 0 spiro atoms. The van der Waals surface area contributed by atoms with Gasteiger partial charge in [-0.25, -0.2) is 9.03 Å². The molecule has 0 bridgehead atoms. The number of rotatable bonds is 7. The summed E-state index contributed by atoms with van der Waals surface area (Å²) in [4.78, 5) is 12.5. The zero-order valence-corrected chi connectivity index (χ0v) is 15.2. The monoisotopic (exact) mass is 336 g/mol. The first kappa shape index (κ1) is 18.3. The van der Waals surface area contributed by atoms with Gasteiger partial charge in [0.15, 0.2) is 0 Å². The van der Waals surface area contributed by atoms with Crippen LogP contribution < -0.4 is 4.72 Å². The van der Waals surface area contributed by atoms with Crippen molar-refractivity contribution in [3.05, 3.63) is 35.9 Å². The summed E-state index contributed by atoms with van der Waals surface area (Å²) in [6.45, 7) is 7.78. The van der Waals surface area contributed by atoms with E-state index in [1.165, 1.54) is 0 Å². The second kappa shape index (κ2) is 8.71. The molecule has 5 heteroatoms. The maximum absolute atomic E-state index is 12.5. The van der Waals surface area contributed by atoms with Gasteiger partial charge in [0.2, 0.25) is 0 Å². The Labute approximate surface area is 144 Å². The van der Waals surface area contributed by atoms with E-state index in [1.807, 2.05) is 30.3 Å². The van der Waals surface area contributed by atoms with E-state index in [-0.39, 0.29) is 17.6 Å². The molecular formula is C18H28N2O2S. The molecule has 128 valence electrons. The molecule has 1 N–H and O–H groups in total. The molecule has 1 aliphatic rings. The second-order valence-electron chi connectivity index (χ2n) is 6.68. The summed E-state index contributed by atoms with van der Waals surface area (Å²) in [6.07, 6.45) is 4.12. The van der Waals surface area contributed by atoms with Crippen LogP contribution in [0.2, 0.25) is 0 Å². The Morgan fingerprint density at radius 1 is 1.35 bits per heavy atom. The van der Waals surface area contributed by atoms with Crippen LogP contribution in [-0.2, 0) is 16.1 Å². The average molecular weight is 337 g/mol. The van der Waals surface area contributed by atoms with E-state index in [4.69, 9.17) is 4.74 Å². The number of nitrogens with one attached hydrogen (secondary N) is 1. The standard InChI is InChI=1S/C18H28N2O2S/c1-4-18(2,3)19-23-20-13-9-8-12-16(20)17(21)22-14-15-10-6-5-7-11-15/h5-7,10-11,16,19H,4,8-9,12-14H2,1-3H3. The zero-order valence-electron chi connectivity index (χ0n) is 14.4. The Hall–Kier alpha value is -1.04. The van der Waals surface area contributed by atoms with Gasteiger partial charge in [-0.15, -0.1) is 0 Å². The molecule has 1 aromatic carbocycles. The number of benzene rings is 1. The lowest BCUT2D eigenvalue weighted by Crippen LogP contribution is -2.45. The first-order valence-electron chi connectivity index (χ1n) is 8.43. The summed E-state index contributed by atoms with van der Waals surface area (Å²) in [5.41, 5.74) is 1.08. The minimum absolute atomic E-state index is 0.0562. The molecule has 0 amide bonds. The molecule has 1 aliphatic heterocycles. The first-order valence-corrected chi connectivity index (χ1v) is 9.20. The summed E-state index contributed by atoms with van der Waals surface area (Å²) in [5, 5.41) is 0. The van der Waals surface area contributed by atoms with Gasteiger partial charge in [-0.05, 0) is 45.1 Å². The largest absolute Gasteiger partial charge is 0.460 e. The van der Waals surface area contributed by atoms with Gasteiger partial charge in [-0.2, -0.15) is 0 Å². The fourth-order valence-electron chi connectivity index (χ4n) is 2.33. The van der Waals surface area contributed by atoms with Gasteiger partial charge in [0, 0.05) is 24.2 Å². The predicted molar refractivity (Wildman–Crippen MR) is 95.7 cm³/mol. The molecule has 0 aliphatic carbocycles. The molecule has 1 aromatic rings. The molecule has 1 atom stereocenters. The SMILES string of the molecule is CCC(C)(C)NSN1CCCCC1C(=O)OCc1ccccc1. The highest BCUT2D eigenvalue weighted by atomic mass is 32.2. The van der Waals surface area contributed by atoms with E-state index < -0.39 is 0 Å². The fourth-order valence-corrected chi connectivity index (χ4v) is 3.38. The third-order valence-corrected chi connectivity index (χ3v) is 5.59.